The number of nitrogens with two attached hydrogens (primary N) is 1. The molecule has 72 valence electrons. The van der Waals surface area contributed by atoms with Gasteiger partial charge in [0, 0.05) is 13.0 Å². The topological polar surface area (TPSA) is 68.3 Å². The number of furan rings is 1. The van der Waals surface area contributed by atoms with Gasteiger partial charge in [0.05, 0.1) is 6.54 Å². The summed E-state index contributed by atoms with van der Waals surface area (Å²) in [5, 5.41) is 3.05. The van der Waals surface area contributed by atoms with E-state index in [0.717, 1.165) is 9.53 Å². The van der Waals surface area contributed by atoms with Crippen molar-refractivity contribution in [2.24, 2.45) is 5.73 Å². The van der Waals surface area contributed by atoms with E-state index in [2.05, 4.69) is 27.9 Å². The fourth-order valence-corrected chi connectivity index (χ4v) is 1.33. The van der Waals surface area contributed by atoms with Gasteiger partial charge in [-0.15, -0.1) is 0 Å². The molecule has 3 N–H and O–H groups in total. The second-order valence-corrected chi connectivity index (χ2v) is 3.66. The molecule has 0 aromatic carbocycles. The van der Waals surface area contributed by atoms with Crippen LogP contribution in [0.5, 0.6) is 0 Å². The van der Waals surface area contributed by atoms with Gasteiger partial charge >= 0.3 is 0 Å². The van der Waals surface area contributed by atoms with Crippen molar-refractivity contribution in [1.29, 1.82) is 0 Å². The zero-order valence-corrected chi connectivity index (χ0v) is 9.21. The lowest BCUT2D eigenvalue weighted by Gasteiger charge is -1.99. The van der Waals surface area contributed by atoms with Gasteiger partial charge in [-0.3, -0.25) is 4.79 Å². The molecule has 0 aliphatic rings. The minimum Gasteiger partial charge on any atom is -0.454 e. The van der Waals surface area contributed by atoms with Gasteiger partial charge in [0.2, 0.25) is 5.91 Å². The quantitative estimate of drug-likeness (QED) is 0.625. The number of halogens is 1. The molecule has 5 heteroatoms. The Balaban J connectivity index is 2.16. The molecule has 0 radical (unpaired) electrons. The van der Waals surface area contributed by atoms with Crippen LogP contribution in [0.3, 0.4) is 0 Å². The van der Waals surface area contributed by atoms with Crippen LogP contribution in [0.4, 0.5) is 0 Å². The highest BCUT2D eigenvalue weighted by Gasteiger charge is 1.98. The first-order chi connectivity index (χ1) is 6.18. The molecule has 1 aromatic heterocycles. The summed E-state index contributed by atoms with van der Waals surface area (Å²) < 4.78 is 6.16. The summed E-state index contributed by atoms with van der Waals surface area (Å²) in [5.74, 6) is 0.579. The third-order valence-electron chi connectivity index (χ3n) is 1.48. The first kappa shape index (κ1) is 10.5. The van der Waals surface area contributed by atoms with Crippen molar-refractivity contribution in [2.45, 2.75) is 13.0 Å². The first-order valence-corrected chi connectivity index (χ1v) is 4.99. The normalized spacial score (nSPS) is 10.2. The maximum atomic E-state index is 10.4. The van der Waals surface area contributed by atoms with Crippen molar-refractivity contribution >= 4 is 28.5 Å². The summed E-state index contributed by atoms with van der Waals surface area (Å²) in [6.45, 7) is 1.23. The van der Waals surface area contributed by atoms with Crippen LogP contribution < -0.4 is 11.1 Å². The van der Waals surface area contributed by atoms with E-state index >= 15 is 0 Å². The molecule has 0 fully saturated rings. The highest BCUT2D eigenvalue weighted by atomic mass is 127. The monoisotopic (exact) mass is 294 g/mol. The average Bonchev–Trinajstić information content (AvgIpc) is 2.45. The summed E-state index contributed by atoms with van der Waals surface area (Å²) in [7, 11) is 0. The van der Waals surface area contributed by atoms with Gasteiger partial charge in [0.25, 0.3) is 0 Å². The lowest BCUT2D eigenvalue weighted by Crippen LogP contribution is -2.21. The molecule has 0 saturated carbocycles. The molecule has 0 aliphatic carbocycles. The van der Waals surface area contributed by atoms with Gasteiger partial charge in [0.15, 0.2) is 3.77 Å². The molecule has 0 bridgehead atoms. The Morgan fingerprint density at radius 1 is 1.62 bits per heavy atom. The molecule has 1 amide bonds. The third-order valence-corrected chi connectivity index (χ3v) is 2.06. The van der Waals surface area contributed by atoms with Gasteiger partial charge in [-0.1, -0.05) is 0 Å². The van der Waals surface area contributed by atoms with E-state index < -0.39 is 0 Å². The van der Waals surface area contributed by atoms with Crippen molar-refractivity contribution in [3.8, 4) is 0 Å². The SMILES string of the molecule is NC(=O)CCNCc1ccc(I)o1. The Labute approximate surface area is 90.0 Å². The van der Waals surface area contributed by atoms with Gasteiger partial charge in [-0.25, -0.2) is 0 Å². The number of carbonyl (C=O) groups is 1. The second kappa shape index (κ2) is 5.23. The number of amides is 1. The first-order valence-electron chi connectivity index (χ1n) is 3.91. The molecule has 1 aromatic rings. The summed E-state index contributed by atoms with van der Waals surface area (Å²) in [6.07, 6.45) is 0.359. The minimum absolute atomic E-state index is 0.290. The van der Waals surface area contributed by atoms with Crippen LogP contribution in [0.1, 0.15) is 12.2 Å². The van der Waals surface area contributed by atoms with Crippen molar-refractivity contribution < 1.29 is 9.21 Å². The fourth-order valence-electron chi connectivity index (χ4n) is 0.870. The van der Waals surface area contributed by atoms with E-state index in [9.17, 15) is 4.79 Å². The molecular weight excluding hydrogens is 283 g/mol. The molecule has 0 saturated heterocycles. The largest absolute Gasteiger partial charge is 0.454 e. The predicted octanol–water partition coefficient (Wildman–Crippen LogP) is 0.849. The zero-order valence-electron chi connectivity index (χ0n) is 7.05. The number of hydrogen-bond donors (Lipinski definition) is 2. The number of nitrogens with one attached hydrogen (secondary N) is 1. The predicted molar refractivity (Wildman–Crippen MR) is 56.9 cm³/mol. The molecule has 0 spiro atoms. The molecule has 0 unspecified atom stereocenters. The van der Waals surface area contributed by atoms with Gasteiger partial charge in [-0.05, 0) is 34.7 Å². The summed E-state index contributed by atoms with van der Waals surface area (Å²) in [6, 6.07) is 3.80. The highest BCUT2D eigenvalue weighted by molar-refractivity contribution is 14.1. The van der Waals surface area contributed by atoms with Gasteiger partial charge < -0.3 is 15.5 Å². The van der Waals surface area contributed by atoms with Crippen LogP contribution in [-0.4, -0.2) is 12.5 Å². The van der Waals surface area contributed by atoms with Crippen LogP contribution in [0.25, 0.3) is 0 Å². The number of hydrogen-bond acceptors (Lipinski definition) is 3. The molecule has 1 rings (SSSR count). The number of carbonyl (C=O) groups excluding carboxylic acids is 1. The fraction of sp³-hybridized carbons (Fsp3) is 0.375. The van der Waals surface area contributed by atoms with Crippen LogP contribution in [0.15, 0.2) is 16.5 Å². The second-order valence-electron chi connectivity index (χ2n) is 2.60. The molecule has 0 aliphatic heterocycles. The molecular formula is C8H11IN2O2. The maximum Gasteiger partial charge on any atom is 0.218 e. The molecule has 4 nitrogen and oxygen atoms in total. The van der Waals surface area contributed by atoms with Crippen LogP contribution in [-0.2, 0) is 11.3 Å². The molecule has 1 heterocycles. The Bertz CT molecular complexity index is 285. The van der Waals surface area contributed by atoms with Gasteiger partial charge in [-0.2, -0.15) is 0 Å². The van der Waals surface area contributed by atoms with E-state index in [4.69, 9.17) is 10.2 Å². The van der Waals surface area contributed by atoms with E-state index in [1.165, 1.54) is 0 Å². The van der Waals surface area contributed by atoms with Crippen LogP contribution in [0, 0.1) is 3.77 Å². The Hall–Kier alpha value is -0.560. The molecule has 13 heavy (non-hydrogen) atoms. The Kier molecular flexibility index (Phi) is 4.23. The number of primary amides is 1. The number of rotatable bonds is 5. The van der Waals surface area contributed by atoms with E-state index in [1.807, 2.05) is 12.1 Å². The summed E-state index contributed by atoms with van der Waals surface area (Å²) in [5.41, 5.74) is 4.97. The summed E-state index contributed by atoms with van der Waals surface area (Å²) >= 11 is 2.10. The zero-order chi connectivity index (χ0) is 9.68. The average molecular weight is 294 g/mol. The third kappa shape index (κ3) is 4.28. The van der Waals surface area contributed by atoms with Crippen LogP contribution in [0.2, 0.25) is 0 Å². The Morgan fingerprint density at radius 2 is 2.38 bits per heavy atom. The van der Waals surface area contributed by atoms with E-state index in [-0.39, 0.29) is 5.91 Å². The Morgan fingerprint density at radius 3 is 2.92 bits per heavy atom. The maximum absolute atomic E-state index is 10.4. The highest BCUT2D eigenvalue weighted by Crippen LogP contribution is 2.09. The lowest BCUT2D eigenvalue weighted by atomic mass is 10.4. The summed E-state index contributed by atoms with van der Waals surface area (Å²) in [4.78, 5) is 10.4. The van der Waals surface area contributed by atoms with Gasteiger partial charge in [0.1, 0.15) is 5.76 Å². The van der Waals surface area contributed by atoms with Crippen molar-refractivity contribution in [3.05, 3.63) is 21.7 Å². The minimum atomic E-state index is -0.290. The standard InChI is InChI=1S/C8H11IN2O2/c9-7-2-1-6(13-7)5-11-4-3-8(10)12/h1-2,11H,3-5H2,(H2,10,12). The smallest absolute Gasteiger partial charge is 0.218 e. The van der Waals surface area contributed by atoms with E-state index in [1.54, 1.807) is 0 Å². The van der Waals surface area contributed by atoms with Crippen molar-refractivity contribution in [3.63, 3.8) is 0 Å². The van der Waals surface area contributed by atoms with E-state index in [0.29, 0.717) is 19.5 Å². The van der Waals surface area contributed by atoms with Crippen molar-refractivity contribution in [2.75, 3.05) is 6.54 Å². The lowest BCUT2D eigenvalue weighted by molar-refractivity contribution is -0.117. The van der Waals surface area contributed by atoms with Crippen LogP contribution >= 0.6 is 22.6 Å². The molecule has 0 atom stereocenters. The van der Waals surface area contributed by atoms with Crippen molar-refractivity contribution in [1.82, 2.24) is 5.32 Å².